The van der Waals surface area contributed by atoms with Crippen LogP contribution in [0, 0.1) is 0 Å². The van der Waals surface area contributed by atoms with Gasteiger partial charge in [0, 0.05) is 0 Å². The summed E-state index contributed by atoms with van der Waals surface area (Å²) < 4.78 is 8.40. The van der Waals surface area contributed by atoms with Gasteiger partial charge in [0.2, 0.25) is 0 Å². The van der Waals surface area contributed by atoms with Crippen molar-refractivity contribution in [1.82, 2.24) is 0 Å². The average Bonchev–Trinajstić information content (AvgIpc) is 2.11. The molecule has 0 aromatic heterocycles. The minimum atomic E-state index is -3.02. The number of hydrogen-bond donors (Lipinski definition) is 0. The van der Waals surface area contributed by atoms with Gasteiger partial charge in [0.25, 0.3) is 0 Å². The van der Waals surface area contributed by atoms with Gasteiger partial charge in [-0.25, -0.2) is 0 Å². The quantitative estimate of drug-likeness (QED) is 0.281. The zero-order valence-electron chi connectivity index (χ0n) is 9.18. The third-order valence-corrected chi connectivity index (χ3v) is 2.22. The van der Waals surface area contributed by atoms with Crippen LogP contribution in [0.5, 0.6) is 0 Å². The molecule has 0 bridgehead atoms. The first-order valence-electron chi connectivity index (χ1n) is 3.31. The van der Waals surface area contributed by atoms with E-state index in [4.69, 9.17) is 0 Å². The molecule has 15 heavy (non-hydrogen) atoms. The molecule has 0 saturated heterocycles. The van der Waals surface area contributed by atoms with Gasteiger partial charge in [-0.2, -0.15) is 0 Å². The van der Waals surface area contributed by atoms with E-state index in [1.165, 1.54) is 0 Å². The number of rotatable bonds is 4. The number of carbonyl (C=O) groups excluding carboxylic acids is 2. The molecule has 0 radical (unpaired) electrons. The summed E-state index contributed by atoms with van der Waals surface area (Å²) in [7, 11) is -0.870. The monoisotopic (exact) mass is 254 g/mol. The summed E-state index contributed by atoms with van der Waals surface area (Å²) in [4.78, 5) is 42.4. The maximum atomic E-state index is 10.8. The predicted octanol–water partition coefficient (Wildman–Crippen LogP) is -7.87. The molecule has 0 N–H and O–H groups in total. The molecule has 1 atom stereocenters. The molecule has 0 spiro atoms. The molecule has 0 rings (SSSR count). The normalized spacial score (nSPS) is 10.7. The van der Waals surface area contributed by atoms with Crippen LogP contribution in [-0.4, -0.2) is 31.8 Å². The van der Waals surface area contributed by atoms with E-state index in [0.717, 1.165) is 14.2 Å². The third-order valence-electron chi connectivity index (χ3n) is 1.32. The van der Waals surface area contributed by atoms with Crippen LogP contribution >= 0.6 is 8.38 Å². The molecule has 9 heteroatoms. The fourth-order valence-corrected chi connectivity index (χ4v) is 1.20. The van der Waals surface area contributed by atoms with Crippen LogP contribution < -0.4 is 68.9 Å². The van der Waals surface area contributed by atoms with Crippen LogP contribution in [0.2, 0.25) is 0 Å². The van der Waals surface area contributed by atoms with Crippen molar-refractivity contribution < 1.29 is 88.0 Å². The van der Waals surface area contributed by atoms with E-state index in [2.05, 4.69) is 9.47 Å². The molecule has 1 unspecified atom stereocenters. The first-order valence-corrected chi connectivity index (χ1v) is 4.55. The molecular weight excluding hydrogens is 245 g/mol. The van der Waals surface area contributed by atoms with Crippen LogP contribution in [0.25, 0.3) is 0 Å². The first kappa shape index (κ1) is 21.6. The van der Waals surface area contributed by atoms with E-state index in [1.54, 1.807) is 0 Å². The second-order valence-electron chi connectivity index (χ2n) is 2.10. The topological polar surface area (TPSA) is 98.7 Å². The van der Waals surface area contributed by atoms with Gasteiger partial charge in [-0.05, 0) is 0 Å². The number of ether oxygens (including phenoxy) is 2. The van der Waals surface area contributed by atoms with E-state index < -0.39 is 32.4 Å². The summed E-state index contributed by atoms with van der Waals surface area (Å²) in [6, 6.07) is 0. The fourth-order valence-electron chi connectivity index (χ4n) is 0.621. The Bertz CT molecular complexity index is 200. The van der Waals surface area contributed by atoms with E-state index in [0.29, 0.717) is 0 Å². The van der Waals surface area contributed by atoms with Gasteiger partial charge in [-0.15, -0.1) is 0 Å². The van der Waals surface area contributed by atoms with E-state index in [-0.39, 0.29) is 59.1 Å². The molecule has 0 amide bonds. The van der Waals surface area contributed by atoms with Gasteiger partial charge in [-0.1, -0.05) is 0 Å². The number of carbonyl (C=O) groups is 2. The summed E-state index contributed by atoms with van der Waals surface area (Å²) in [5.74, 6) is -1.73. The Hall–Kier alpha value is 1.29. The van der Waals surface area contributed by atoms with Crippen LogP contribution in [0.15, 0.2) is 0 Å². The van der Waals surface area contributed by atoms with Gasteiger partial charge in [0.15, 0.2) is 0 Å². The maximum Gasteiger partial charge on any atom is 1.00 e. The van der Waals surface area contributed by atoms with E-state index in [9.17, 15) is 19.4 Å². The molecule has 0 aliphatic rings. The Balaban J connectivity index is -0.000000720. The fraction of sp³-hybridized carbons (Fsp3) is 0.667. The van der Waals surface area contributed by atoms with Crippen LogP contribution in [-0.2, 0) is 19.1 Å². The molecule has 0 aromatic rings. The predicted molar refractivity (Wildman–Crippen MR) is 39.4 cm³/mol. The zero-order chi connectivity index (χ0) is 10.4. The van der Waals surface area contributed by atoms with E-state index in [1.807, 2.05) is 0 Å². The smallest absolute Gasteiger partial charge is 0.841 e. The Kier molecular flexibility index (Phi) is 16.9. The maximum absolute atomic E-state index is 10.8. The van der Waals surface area contributed by atoms with Gasteiger partial charge in [0.05, 0.1) is 26.3 Å². The summed E-state index contributed by atoms with van der Waals surface area (Å²) in [5, 5.41) is 0. The third kappa shape index (κ3) is 9.03. The molecule has 0 saturated carbocycles. The Morgan fingerprint density at radius 2 is 1.67 bits per heavy atom. The number of hydrogen-bond acceptors (Lipinski definition) is 6. The number of methoxy groups -OCH3 is 2. The van der Waals surface area contributed by atoms with E-state index >= 15 is 0 Å². The zero-order valence-corrected chi connectivity index (χ0v) is 14.1. The summed E-state index contributed by atoms with van der Waals surface area (Å²) in [5.41, 5.74) is -1.45. The Morgan fingerprint density at radius 1 is 1.20 bits per heavy atom. The van der Waals surface area contributed by atoms with Crippen molar-refractivity contribution in [2.45, 2.75) is 12.1 Å². The SMILES string of the molecule is COC(=O)CC(C(=O)OC)P([O-])[O-].[Na+].[Na+]. The molecule has 0 heterocycles. The summed E-state index contributed by atoms with van der Waals surface area (Å²) >= 11 is 0. The molecule has 0 aliphatic carbocycles. The van der Waals surface area contributed by atoms with Gasteiger partial charge >= 0.3 is 71.1 Å². The minimum Gasteiger partial charge on any atom is -0.841 e. The molecular formula is C6H9Na2O6P. The van der Waals surface area contributed by atoms with Crippen molar-refractivity contribution in [2.24, 2.45) is 0 Å². The molecule has 6 nitrogen and oxygen atoms in total. The first-order chi connectivity index (χ1) is 6.02. The van der Waals surface area contributed by atoms with Gasteiger partial charge in [0.1, 0.15) is 0 Å². The van der Waals surface area contributed by atoms with Gasteiger partial charge < -0.3 is 19.3 Å². The van der Waals surface area contributed by atoms with Crippen molar-refractivity contribution >= 4 is 20.3 Å². The van der Waals surface area contributed by atoms with Crippen molar-refractivity contribution in [3.63, 3.8) is 0 Å². The standard InChI is InChI=1S/C6H9O6P.2Na/c1-11-5(7)3-4(13(9)10)6(8)12-2;;/h4H,3H2,1-2H3;;/q-2;2*+1. The second-order valence-corrected chi connectivity index (χ2v) is 3.30. The molecule has 76 valence electrons. The Labute approximate surface area is 133 Å². The van der Waals surface area contributed by atoms with Crippen LogP contribution in [0.3, 0.4) is 0 Å². The average molecular weight is 254 g/mol. The Morgan fingerprint density at radius 3 is 1.93 bits per heavy atom. The van der Waals surface area contributed by atoms with Crippen molar-refractivity contribution in [1.29, 1.82) is 0 Å². The second kappa shape index (κ2) is 11.8. The van der Waals surface area contributed by atoms with Crippen LogP contribution in [0.1, 0.15) is 6.42 Å². The summed E-state index contributed by atoms with van der Waals surface area (Å²) in [6.07, 6.45) is -0.512. The minimum absolute atomic E-state index is 0. The van der Waals surface area contributed by atoms with Crippen molar-refractivity contribution in [2.75, 3.05) is 14.2 Å². The molecule has 0 fully saturated rings. The van der Waals surface area contributed by atoms with Crippen molar-refractivity contribution in [3.05, 3.63) is 0 Å². The van der Waals surface area contributed by atoms with Gasteiger partial charge in [-0.3, -0.25) is 18.0 Å². The van der Waals surface area contributed by atoms with Crippen molar-refractivity contribution in [3.8, 4) is 0 Å². The largest absolute Gasteiger partial charge is 1.00 e. The molecule has 0 aromatic carbocycles. The van der Waals surface area contributed by atoms with Crippen LogP contribution in [0.4, 0.5) is 0 Å². The summed E-state index contributed by atoms with van der Waals surface area (Å²) in [6.45, 7) is 0. The molecule has 0 aliphatic heterocycles. The number of esters is 2.